The second-order valence-electron chi connectivity index (χ2n) is 6.58. The van der Waals surface area contributed by atoms with Crippen molar-refractivity contribution in [1.82, 2.24) is 9.71 Å². The molecule has 0 aliphatic carbocycles. The Hall–Kier alpha value is -2.74. The highest BCUT2D eigenvalue weighted by atomic mass is 32.2. The summed E-state index contributed by atoms with van der Waals surface area (Å²) in [7, 11) is -3.87. The maximum Gasteiger partial charge on any atom is 0.242 e. The fraction of sp³-hybridized carbons (Fsp3) is 0.150. The summed E-state index contributed by atoms with van der Waals surface area (Å²) in [5.41, 5.74) is -0.492. The number of hydrogen-bond acceptors (Lipinski definition) is 5. The quantitative estimate of drug-likeness (QED) is 0.553. The van der Waals surface area contributed by atoms with Gasteiger partial charge in [0.15, 0.2) is 0 Å². The van der Waals surface area contributed by atoms with Gasteiger partial charge in [-0.05, 0) is 31.2 Å². The summed E-state index contributed by atoms with van der Waals surface area (Å²) in [5.74, 6) is 0.294. The molecule has 2 aromatic heterocycles. The van der Waals surface area contributed by atoms with E-state index in [0.29, 0.717) is 16.9 Å². The van der Waals surface area contributed by atoms with Crippen LogP contribution in [0.5, 0.6) is 0 Å². The summed E-state index contributed by atoms with van der Waals surface area (Å²) in [6, 6.07) is 17.6. The van der Waals surface area contributed by atoms with Gasteiger partial charge in [0, 0.05) is 23.5 Å². The first kappa shape index (κ1) is 17.7. The van der Waals surface area contributed by atoms with Gasteiger partial charge in [-0.3, -0.25) is 4.98 Å². The van der Waals surface area contributed by atoms with Crippen molar-refractivity contribution in [3.63, 3.8) is 0 Å². The van der Waals surface area contributed by atoms with E-state index in [0.717, 1.165) is 10.8 Å². The molecular weight excluding hydrogens is 364 g/mol. The van der Waals surface area contributed by atoms with Gasteiger partial charge in [0.05, 0.1) is 5.52 Å². The summed E-state index contributed by atoms with van der Waals surface area (Å²) < 4.78 is 33.8. The molecule has 27 heavy (non-hydrogen) atoms. The Labute approximate surface area is 156 Å². The lowest BCUT2D eigenvalue weighted by Crippen LogP contribution is -2.38. The minimum atomic E-state index is -3.87. The molecule has 2 N–H and O–H groups in total. The first-order chi connectivity index (χ1) is 12.9. The summed E-state index contributed by atoms with van der Waals surface area (Å²) in [6.07, 6.45) is 1.55. The number of pyridine rings is 1. The van der Waals surface area contributed by atoms with Gasteiger partial charge in [-0.2, -0.15) is 0 Å². The van der Waals surface area contributed by atoms with Crippen molar-refractivity contribution in [2.75, 3.05) is 6.54 Å². The van der Waals surface area contributed by atoms with Gasteiger partial charge in [-0.25, -0.2) is 13.1 Å². The third-order valence-corrected chi connectivity index (χ3v) is 5.88. The van der Waals surface area contributed by atoms with E-state index < -0.39 is 15.6 Å². The fourth-order valence-corrected chi connectivity index (χ4v) is 4.25. The van der Waals surface area contributed by atoms with Crippen LogP contribution in [0.4, 0.5) is 0 Å². The van der Waals surface area contributed by atoms with Crippen LogP contribution in [0.15, 0.2) is 76.2 Å². The Balaban J connectivity index is 1.62. The maximum atomic E-state index is 12.8. The van der Waals surface area contributed by atoms with Crippen LogP contribution < -0.4 is 4.72 Å². The maximum absolute atomic E-state index is 12.8. The van der Waals surface area contributed by atoms with E-state index in [-0.39, 0.29) is 11.4 Å². The Morgan fingerprint density at radius 2 is 1.81 bits per heavy atom. The average molecular weight is 382 g/mol. The molecule has 0 amide bonds. The number of sulfonamides is 1. The van der Waals surface area contributed by atoms with Crippen LogP contribution in [-0.4, -0.2) is 25.1 Å². The molecule has 0 aliphatic rings. The molecule has 6 nitrogen and oxygen atoms in total. The highest BCUT2D eigenvalue weighted by molar-refractivity contribution is 7.89. The van der Waals surface area contributed by atoms with Gasteiger partial charge >= 0.3 is 0 Å². The first-order valence-corrected chi connectivity index (χ1v) is 9.90. The fourth-order valence-electron chi connectivity index (χ4n) is 2.94. The molecule has 138 valence electrons. The average Bonchev–Trinajstić information content (AvgIpc) is 3.11. The molecule has 4 rings (SSSR count). The second-order valence-corrected chi connectivity index (χ2v) is 8.31. The monoisotopic (exact) mass is 382 g/mol. The second kappa shape index (κ2) is 6.45. The van der Waals surface area contributed by atoms with E-state index in [1.807, 2.05) is 18.2 Å². The van der Waals surface area contributed by atoms with Gasteiger partial charge in [-0.15, -0.1) is 0 Å². The number of aromatic nitrogens is 1. The van der Waals surface area contributed by atoms with Gasteiger partial charge in [0.25, 0.3) is 0 Å². The minimum absolute atomic E-state index is 0.0704. The molecule has 0 fully saturated rings. The largest absolute Gasteiger partial charge is 0.458 e. The van der Waals surface area contributed by atoms with Crippen molar-refractivity contribution in [1.29, 1.82) is 0 Å². The highest BCUT2D eigenvalue weighted by Gasteiger charge is 2.30. The standard InChI is InChI=1S/C20H18N2O4S/c1-20(23,18-12-15-6-2-3-9-16(15)26-18)13-22-27(24,25)17-10-4-7-14-8-5-11-21-19(14)17/h2-12,22-23H,13H2,1H3. The number of nitrogens with zero attached hydrogens (tertiary/aromatic N) is 1. The predicted octanol–water partition coefficient (Wildman–Crippen LogP) is 3.17. The van der Waals surface area contributed by atoms with Gasteiger partial charge in [0.2, 0.25) is 10.0 Å². The predicted molar refractivity (Wildman–Crippen MR) is 103 cm³/mol. The van der Waals surface area contributed by atoms with Crippen LogP contribution in [0.2, 0.25) is 0 Å². The van der Waals surface area contributed by atoms with Crippen LogP contribution in [0.1, 0.15) is 12.7 Å². The van der Waals surface area contributed by atoms with Crippen LogP contribution in [0, 0.1) is 0 Å². The lowest BCUT2D eigenvalue weighted by molar-refractivity contribution is 0.0412. The van der Waals surface area contributed by atoms with Crippen molar-refractivity contribution in [2.24, 2.45) is 0 Å². The zero-order chi connectivity index (χ0) is 19.1. The highest BCUT2D eigenvalue weighted by Crippen LogP contribution is 2.28. The number of furan rings is 1. The Morgan fingerprint density at radius 1 is 1.07 bits per heavy atom. The van der Waals surface area contributed by atoms with E-state index >= 15 is 0 Å². The molecule has 2 heterocycles. The van der Waals surface area contributed by atoms with E-state index in [2.05, 4.69) is 9.71 Å². The lowest BCUT2D eigenvalue weighted by atomic mass is 10.0. The molecule has 1 atom stereocenters. The Kier molecular flexibility index (Phi) is 4.22. The summed E-state index contributed by atoms with van der Waals surface area (Å²) in [5, 5.41) is 12.3. The lowest BCUT2D eigenvalue weighted by Gasteiger charge is -2.21. The Bertz CT molecular complexity index is 1190. The van der Waals surface area contributed by atoms with Crippen LogP contribution >= 0.6 is 0 Å². The molecular formula is C20H18N2O4S. The SMILES string of the molecule is CC(O)(CNS(=O)(=O)c1cccc2cccnc12)c1cc2ccccc2o1. The van der Waals surface area contributed by atoms with Gasteiger partial charge in [-0.1, -0.05) is 36.4 Å². The number of benzene rings is 2. The van der Waals surface area contributed by atoms with E-state index in [1.165, 1.54) is 13.0 Å². The number of aliphatic hydroxyl groups is 1. The zero-order valence-corrected chi connectivity index (χ0v) is 15.4. The summed E-state index contributed by atoms with van der Waals surface area (Å²) in [6.45, 7) is 1.27. The number of rotatable bonds is 5. The van der Waals surface area contributed by atoms with E-state index in [9.17, 15) is 13.5 Å². The van der Waals surface area contributed by atoms with Crippen molar-refractivity contribution in [2.45, 2.75) is 17.4 Å². The molecule has 0 spiro atoms. The number of para-hydroxylation sites is 2. The van der Waals surface area contributed by atoms with Crippen molar-refractivity contribution in [3.05, 3.63) is 72.6 Å². The molecule has 0 bridgehead atoms. The number of hydrogen-bond donors (Lipinski definition) is 2. The molecule has 0 saturated carbocycles. The van der Waals surface area contributed by atoms with E-state index in [4.69, 9.17) is 4.42 Å². The van der Waals surface area contributed by atoms with Crippen LogP contribution in [-0.2, 0) is 15.6 Å². The first-order valence-electron chi connectivity index (χ1n) is 8.42. The van der Waals surface area contributed by atoms with Gasteiger partial charge < -0.3 is 9.52 Å². The minimum Gasteiger partial charge on any atom is -0.458 e. The number of nitrogens with one attached hydrogen (secondary N) is 1. The van der Waals surface area contributed by atoms with Gasteiger partial charge in [0.1, 0.15) is 21.8 Å². The normalized spacial score (nSPS) is 14.4. The molecule has 0 radical (unpaired) electrons. The van der Waals surface area contributed by atoms with Crippen molar-refractivity contribution >= 4 is 31.9 Å². The third kappa shape index (κ3) is 3.32. The third-order valence-electron chi connectivity index (χ3n) is 4.45. The molecule has 0 aliphatic heterocycles. The van der Waals surface area contributed by atoms with E-state index in [1.54, 1.807) is 42.6 Å². The molecule has 1 unspecified atom stereocenters. The summed E-state index contributed by atoms with van der Waals surface area (Å²) >= 11 is 0. The number of fused-ring (bicyclic) bond motifs is 2. The molecule has 2 aromatic carbocycles. The Morgan fingerprint density at radius 3 is 2.63 bits per heavy atom. The van der Waals surface area contributed by atoms with Crippen molar-refractivity contribution < 1.29 is 17.9 Å². The van der Waals surface area contributed by atoms with Crippen LogP contribution in [0.25, 0.3) is 21.9 Å². The topological polar surface area (TPSA) is 92.4 Å². The molecule has 7 heteroatoms. The summed E-state index contributed by atoms with van der Waals surface area (Å²) in [4.78, 5) is 4.25. The van der Waals surface area contributed by atoms with Crippen molar-refractivity contribution in [3.8, 4) is 0 Å². The smallest absolute Gasteiger partial charge is 0.242 e. The van der Waals surface area contributed by atoms with Crippen LogP contribution in [0.3, 0.4) is 0 Å². The molecule has 0 saturated heterocycles. The molecule has 4 aromatic rings. The zero-order valence-electron chi connectivity index (χ0n) is 14.6.